The van der Waals surface area contributed by atoms with Gasteiger partial charge < -0.3 is 9.47 Å². The van der Waals surface area contributed by atoms with Gasteiger partial charge in [0.2, 0.25) is 0 Å². The van der Waals surface area contributed by atoms with E-state index in [2.05, 4.69) is 0 Å². The van der Waals surface area contributed by atoms with Crippen molar-refractivity contribution in [3.63, 3.8) is 0 Å². The van der Waals surface area contributed by atoms with Crippen LogP contribution in [0, 0.1) is 17.0 Å². The van der Waals surface area contributed by atoms with Crippen molar-refractivity contribution in [1.29, 1.82) is 0 Å². The van der Waals surface area contributed by atoms with Crippen LogP contribution in [0.2, 0.25) is 0 Å². The molecule has 0 aliphatic carbocycles. The number of nitro benzene ring substituents is 1. The molecular weight excluding hydrogens is 246 g/mol. The molecule has 0 fully saturated rings. The molecule has 5 nitrogen and oxygen atoms in total. The van der Waals surface area contributed by atoms with Gasteiger partial charge in [0.1, 0.15) is 6.61 Å². The highest BCUT2D eigenvalue weighted by molar-refractivity contribution is 6.17. The van der Waals surface area contributed by atoms with E-state index in [1.807, 2.05) is 0 Å². The minimum atomic E-state index is -0.456. The molecule has 0 aliphatic heterocycles. The highest BCUT2D eigenvalue weighted by Gasteiger charge is 2.16. The van der Waals surface area contributed by atoms with Crippen molar-refractivity contribution in [2.45, 2.75) is 6.92 Å². The number of rotatable bonds is 7. The topological polar surface area (TPSA) is 61.6 Å². The maximum Gasteiger partial charge on any atom is 0.311 e. The quantitative estimate of drug-likeness (QED) is 0.327. The van der Waals surface area contributed by atoms with Crippen molar-refractivity contribution in [3.8, 4) is 5.75 Å². The molecule has 0 radical (unpaired) electrons. The number of para-hydroxylation sites is 1. The number of alkyl halides is 1. The summed E-state index contributed by atoms with van der Waals surface area (Å²) in [6.07, 6.45) is 0. The predicted molar refractivity (Wildman–Crippen MR) is 64.9 cm³/mol. The summed E-state index contributed by atoms with van der Waals surface area (Å²) in [5.41, 5.74) is 0.707. The van der Waals surface area contributed by atoms with E-state index in [0.717, 1.165) is 5.56 Å². The molecule has 1 aromatic carbocycles. The van der Waals surface area contributed by atoms with Gasteiger partial charge in [-0.15, -0.1) is 11.6 Å². The number of aryl methyl sites for hydroxylation is 1. The monoisotopic (exact) mass is 259 g/mol. The molecule has 0 heterocycles. The number of halogens is 1. The number of hydrogen-bond donors (Lipinski definition) is 0. The van der Waals surface area contributed by atoms with Crippen molar-refractivity contribution in [3.05, 3.63) is 33.9 Å². The van der Waals surface area contributed by atoms with Gasteiger partial charge in [0.25, 0.3) is 0 Å². The highest BCUT2D eigenvalue weighted by atomic mass is 35.5. The first-order valence-corrected chi connectivity index (χ1v) is 5.70. The van der Waals surface area contributed by atoms with Crippen molar-refractivity contribution >= 4 is 17.3 Å². The van der Waals surface area contributed by atoms with E-state index in [1.54, 1.807) is 19.1 Å². The molecule has 0 spiro atoms. The second kappa shape index (κ2) is 7.09. The van der Waals surface area contributed by atoms with E-state index in [-0.39, 0.29) is 12.3 Å². The van der Waals surface area contributed by atoms with E-state index < -0.39 is 4.92 Å². The Hall–Kier alpha value is -1.33. The largest absolute Gasteiger partial charge is 0.484 e. The lowest BCUT2D eigenvalue weighted by Crippen LogP contribution is -2.09. The second-order valence-electron chi connectivity index (χ2n) is 3.33. The van der Waals surface area contributed by atoms with Crippen LogP contribution in [0.3, 0.4) is 0 Å². The summed E-state index contributed by atoms with van der Waals surface area (Å²) < 4.78 is 10.5. The molecule has 0 saturated carbocycles. The summed E-state index contributed by atoms with van der Waals surface area (Å²) in [5.74, 6) is 0.719. The van der Waals surface area contributed by atoms with Crippen molar-refractivity contribution in [2.24, 2.45) is 0 Å². The zero-order valence-corrected chi connectivity index (χ0v) is 10.3. The van der Waals surface area contributed by atoms with E-state index in [4.69, 9.17) is 21.1 Å². The fraction of sp³-hybridized carbons (Fsp3) is 0.455. The van der Waals surface area contributed by atoms with Crippen LogP contribution in [0.25, 0.3) is 0 Å². The lowest BCUT2D eigenvalue weighted by Gasteiger charge is -2.09. The molecule has 1 aromatic rings. The molecule has 6 heteroatoms. The van der Waals surface area contributed by atoms with Crippen LogP contribution < -0.4 is 4.74 Å². The summed E-state index contributed by atoms with van der Waals surface area (Å²) in [4.78, 5) is 10.3. The van der Waals surface area contributed by atoms with Crippen molar-refractivity contribution in [1.82, 2.24) is 0 Å². The molecule has 0 atom stereocenters. The minimum absolute atomic E-state index is 0.0256. The van der Waals surface area contributed by atoms with Crippen LogP contribution >= 0.6 is 11.6 Å². The molecule has 0 bridgehead atoms. The zero-order chi connectivity index (χ0) is 12.7. The maximum atomic E-state index is 10.8. The van der Waals surface area contributed by atoms with Gasteiger partial charge in [0.15, 0.2) is 5.75 Å². The van der Waals surface area contributed by atoms with Gasteiger partial charge in [0, 0.05) is 11.9 Å². The van der Waals surface area contributed by atoms with Crippen LogP contribution in [-0.2, 0) is 4.74 Å². The molecular formula is C11H14ClNO4. The van der Waals surface area contributed by atoms with E-state index in [1.165, 1.54) is 6.07 Å². The average Bonchev–Trinajstić information content (AvgIpc) is 2.30. The Balaban J connectivity index is 2.60. The van der Waals surface area contributed by atoms with Gasteiger partial charge in [-0.3, -0.25) is 10.1 Å². The van der Waals surface area contributed by atoms with Gasteiger partial charge in [-0.05, 0) is 12.5 Å². The predicted octanol–water partition coefficient (Wildman–Crippen LogP) is 2.54. The molecule has 1 rings (SSSR count). The fourth-order valence-corrected chi connectivity index (χ4v) is 1.44. The van der Waals surface area contributed by atoms with Crippen LogP contribution in [0.15, 0.2) is 18.2 Å². The normalized spacial score (nSPS) is 10.2. The molecule has 17 heavy (non-hydrogen) atoms. The van der Waals surface area contributed by atoms with E-state index in [9.17, 15) is 10.1 Å². The van der Waals surface area contributed by atoms with Gasteiger partial charge in [0.05, 0.1) is 18.1 Å². The molecule has 94 valence electrons. The summed E-state index contributed by atoms with van der Waals surface area (Å²) in [6.45, 7) is 2.84. The Bertz CT molecular complexity index is 384. The van der Waals surface area contributed by atoms with Crippen molar-refractivity contribution < 1.29 is 14.4 Å². The zero-order valence-electron chi connectivity index (χ0n) is 9.52. The summed E-state index contributed by atoms with van der Waals surface area (Å²) in [7, 11) is 0. The smallest absolute Gasteiger partial charge is 0.311 e. The van der Waals surface area contributed by atoms with Crippen LogP contribution in [-0.4, -0.2) is 30.6 Å². The Morgan fingerprint density at radius 1 is 1.35 bits per heavy atom. The Morgan fingerprint density at radius 2 is 2.12 bits per heavy atom. The Morgan fingerprint density at radius 3 is 2.76 bits per heavy atom. The number of hydrogen-bond acceptors (Lipinski definition) is 4. The number of nitrogens with zero attached hydrogens (tertiary/aromatic N) is 1. The maximum absolute atomic E-state index is 10.8. The first kappa shape index (κ1) is 13.7. The third kappa shape index (κ3) is 4.20. The molecule has 0 aromatic heterocycles. The van der Waals surface area contributed by atoms with Gasteiger partial charge in [-0.25, -0.2) is 0 Å². The van der Waals surface area contributed by atoms with Crippen LogP contribution in [0.1, 0.15) is 5.56 Å². The summed E-state index contributed by atoms with van der Waals surface area (Å²) >= 11 is 5.43. The SMILES string of the molecule is Cc1cccc([N+](=O)[O-])c1OCCOCCCl. The molecule has 0 aliphatic rings. The number of ether oxygens (including phenoxy) is 2. The highest BCUT2D eigenvalue weighted by Crippen LogP contribution is 2.29. The van der Waals surface area contributed by atoms with Gasteiger partial charge in [-0.2, -0.15) is 0 Å². The molecule has 0 N–H and O–H groups in total. The third-order valence-corrected chi connectivity index (χ3v) is 2.24. The lowest BCUT2D eigenvalue weighted by molar-refractivity contribution is -0.385. The lowest BCUT2D eigenvalue weighted by atomic mass is 10.2. The summed E-state index contributed by atoms with van der Waals surface area (Å²) in [6, 6.07) is 4.81. The van der Waals surface area contributed by atoms with Crippen LogP contribution in [0.4, 0.5) is 5.69 Å². The minimum Gasteiger partial charge on any atom is -0.484 e. The standard InChI is InChI=1S/C11H14ClNO4/c1-9-3-2-4-10(13(14)15)11(9)17-8-7-16-6-5-12/h2-4H,5-8H2,1H3. The first-order valence-electron chi connectivity index (χ1n) is 5.17. The Kier molecular flexibility index (Phi) is 5.72. The molecule has 0 unspecified atom stereocenters. The number of benzene rings is 1. The third-order valence-electron chi connectivity index (χ3n) is 2.08. The second-order valence-corrected chi connectivity index (χ2v) is 3.71. The van der Waals surface area contributed by atoms with E-state index >= 15 is 0 Å². The molecule has 0 amide bonds. The van der Waals surface area contributed by atoms with Crippen LogP contribution in [0.5, 0.6) is 5.75 Å². The number of nitro groups is 1. The van der Waals surface area contributed by atoms with Gasteiger partial charge >= 0.3 is 5.69 Å². The molecule has 0 saturated heterocycles. The van der Waals surface area contributed by atoms with Gasteiger partial charge in [-0.1, -0.05) is 12.1 Å². The van der Waals surface area contributed by atoms with E-state index in [0.29, 0.717) is 24.8 Å². The summed E-state index contributed by atoms with van der Waals surface area (Å²) in [5, 5.41) is 10.8. The first-order chi connectivity index (χ1) is 8.16. The Labute approximate surface area is 104 Å². The fourth-order valence-electron chi connectivity index (χ4n) is 1.33. The average molecular weight is 260 g/mol. The van der Waals surface area contributed by atoms with Crippen molar-refractivity contribution in [2.75, 3.05) is 25.7 Å².